The molecule has 4 rings (SSSR count). The molecule has 2 aromatic carbocycles. The van der Waals surface area contributed by atoms with E-state index >= 15 is 0 Å². The molecule has 34 heavy (non-hydrogen) atoms. The van der Waals surface area contributed by atoms with Gasteiger partial charge in [0, 0.05) is 32.7 Å². The Balaban J connectivity index is 1.49. The summed E-state index contributed by atoms with van der Waals surface area (Å²) in [6.07, 6.45) is -4.34. The molecule has 1 aliphatic heterocycles. The number of nitrogens with zero attached hydrogens (tertiary/aromatic N) is 3. The molecule has 0 spiro atoms. The number of halogens is 3. The summed E-state index contributed by atoms with van der Waals surface area (Å²) in [5, 5.41) is 6.00. The number of carbonyl (C=O) groups excluding carboxylic acids is 1. The number of hydrogen-bond acceptors (Lipinski definition) is 5. The molecule has 1 unspecified atom stereocenters. The molecule has 0 bridgehead atoms. The van der Waals surface area contributed by atoms with E-state index in [0.29, 0.717) is 16.9 Å². The number of benzene rings is 2. The van der Waals surface area contributed by atoms with E-state index in [0.717, 1.165) is 29.1 Å². The molecule has 0 aliphatic carbocycles. The van der Waals surface area contributed by atoms with E-state index < -0.39 is 17.8 Å². The number of rotatable bonds is 7. The summed E-state index contributed by atoms with van der Waals surface area (Å²) in [7, 11) is 3.93. The molecule has 0 radical (unpaired) electrons. The Morgan fingerprint density at radius 2 is 1.88 bits per heavy atom. The number of oxime groups is 1. The molecule has 5 nitrogen and oxygen atoms in total. The zero-order valence-electron chi connectivity index (χ0n) is 18.7. The minimum Gasteiger partial charge on any atom is -0.390 e. The van der Waals surface area contributed by atoms with E-state index in [2.05, 4.69) is 5.16 Å². The molecule has 1 aliphatic rings. The van der Waals surface area contributed by atoms with Gasteiger partial charge >= 0.3 is 6.18 Å². The van der Waals surface area contributed by atoms with Crippen LogP contribution >= 0.6 is 11.3 Å². The molecule has 0 N–H and O–H groups in total. The largest absolute Gasteiger partial charge is 0.416 e. The summed E-state index contributed by atoms with van der Waals surface area (Å²) in [4.78, 5) is 22.8. The lowest BCUT2D eigenvalue weighted by Gasteiger charge is -2.25. The second-order valence-corrected chi connectivity index (χ2v) is 9.22. The first kappa shape index (κ1) is 23.8. The maximum atomic E-state index is 13.2. The van der Waals surface area contributed by atoms with Crippen molar-refractivity contribution >= 4 is 28.6 Å². The van der Waals surface area contributed by atoms with Crippen molar-refractivity contribution in [2.24, 2.45) is 5.16 Å². The van der Waals surface area contributed by atoms with Crippen molar-refractivity contribution in [3.63, 3.8) is 0 Å². The summed E-state index contributed by atoms with van der Waals surface area (Å²) >= 11 is 1.29. The summed E-state index contributed by atoms with van der Waals surface area (Å²) in [5.74, 6) is -0.250. The predicted molar refractivity (Wildman–Crippen MR) is 127 cm³/mol. The van der Waals surface area contributed by atoms with E-state index in [4.69, 9.17) is 4.84 Å². The third kappa shape index (κ3) is 5.59. The first-order valence-corrected chi connectivity index (χ1v) is 11.6. The van der Waals surface area contributed by atoms with Gasteiger partial charge in [-0.3, -0.25) is 4.79 Å². The monoisotopic (exact) mass is 487 g/mol. The fourth-order valence-electron chi connectivity index (χ4n) is 3.74. The fraction of sp³-hybridized carbons (Fsp3) is 0.280. The van der Waals surface area contributed by atoms with E-state index in [1.165, 1.54) is 22.3 Å². The Bertz CT molecular complexity index is 1160. The van der Waals surface area contributed by atoms with Crippen LogP contribution < -0.4 is 4.90 Å². The van der Waals surface area contributed by atoms with Gasteiger partial charge in [0.25, 0.3) is 5.91 Å². The van der Waals surface area contributed by atoms with Gasteiger partial charge in [0.05, 0.1) is 22.7 Å². The van der Waals surface area contributed by atoms with Gasteiger partial charge in [-0.25, -0.2) is 0 Å². The number of alkyl halides is 3. The Morgan fingerprint density at radius 3 is 2.53 bits per heavy atom. The van der Waals surface area contributed by atoms with Crippen LogP contribution in [0.4, 0.5) is 18.9 Å². The van der Waals surface area contributed by atoms with Crippen LogP contribution in [0.2, 0.25) is 0 Å². The highest BCUT2D eigenvalue weighted by molar-refractivity contribution is 7.12. The summed E-state index contributed by atoms with van der Waals surface area (Å²) in [6, 6.07) is 16.4. The van der Waals surface area contributed by atoms with Crippen LogP contribution in [0.1, 0.15) is 32.8 Å². The normalized spacial score (nSPS) is 15.6. The molecule has 1 aromatic heterocycles. The lowest BCUT2D eigenvalue weighted by Crippen LogP contribution is -2.37. The third-order valence-electron chi connectivity index (χ3n) is 5.52. The number of hydrogen-bond donors (Lipinski definition) is 0. The quantitative estimate of drug-likeness (QED) is 0.432. The number of thiophene rings is 1. The molecular weight excluding hydrogens is 463 g/mol. The standard InChI is InChI=1S/C25H24F3N3O2S/c1-30(2)20-10-8-18(9-11-20)22-14-21(33-29-22)16-31(24(32)23-7-4-12-34-23)15-17-5-3-6-19(13-17)25(26,27)28/h3-13,21H,14-16H2,1-2H3. The molecular formula is C25H24F3N3O2S. The summed E-state index contributed by atoms with van der Waals surface area (Å²) in [5.41, 5.74) is 2.43. The number of anilines is 1. The first-order valence-electron chi connectivity index (χ1n) is 10.7. The predicted octanol–water partition coefficient (Wildman–Crippen LogP) is 5.67. The number of amides is 1. The third-order valence-corrected chi connectivity index (χ3v) is 6.38. The maximum absolute atomic E-state index is 13.2. The highest BCUT2D eigenvalue weighted by Gasteiger charge is 2.31. The van der Waals surface area contributed by atoms with E-state index in [1.54, 1.807) is 23.6 Å². The highest BCUT2D eigenvalue weighted by atomic mass is 32.1. The second kappa shape index (κ2) is 9.89. The van der Waals surface area contributed by atoms with Gasteiger partial charge in [-0.2, -0.15) is 13.2 Å². The molecule has 178 valence electrons. The van der Waals surface area contributed by atoms with Crippen molar-refractivity contribution < 1.29 is 22.8 Å². The van der Waals surface area contributed by atoms with E-state index in [1.807, 2.05) is 43.3 Å². The smallest absolute Gasteiger partial charge is 0.390 e. The van der Waals surface area contributed by atoms with Crippen LogP contribution in [-0.4, -0.2) is 43.3 Å². The van der Waals surface area contributed by atoms with Gasteiger partial charge < -0.3 is 14.6 Å². The Kier molecular flexibility index (Phi) is 6.92. The minimum atomic E-state index is -4.45. The molecule has 2 heterocycles. The van der Waals surface area contributed by atoms with Crippen molar-refractivity contribution in [3.8, 4) is 0 Å². The molecule has 3 aromatic rings. The van der Waals surface area contributed by atoms with E-state index in [9.17, 15) is 18.0 Å². The van der Waals surface area contributed by atoms with Gasteiger partial charge in [-0.1, -0.05) is 35.5 Å². The average molecular weight is 488 g/mol. The van der Waals surface area contributed by atoms with Crippen LogP contribution in [0.3, 0.4) is 0 Å². The number of carbonyl (C=O) groups is 1. The van der Waals surface area contributed by atoms with Gasteiger partial charge in [-0.05, 0) is 46.8 Å². The van der Waals surface area contributed by atoms with Crippen LogP contribution in [-0.2, 0) is 17.6 Å². The average Bonchev–Trinajstić information content (AvgIpc) is 3.50. The van der Waals surface area contributed by atoms with Crippen molar-refractivity contribution in [1.82, 2.24) is 4.90 Å². The topological polar surface area (TPSA) is 45.1 Å². The summed E-state index contributed by atoms with van der Waals surface area (Å²) in [6.45, 7) is 0.239. The molecule has 0 saturated carbocycles. The van der Waals surface area contributed by atoms with Gasteiger partial charge in [0.2, 0.25) is 0 Å². The van der Waals surface area contributed by atoms with Crippen molar-refractivity contribution in [2.75, 3.05) is 25.5 Å². The van der Waals surface area contributed by atoms with E-state index in [-0.39, 0.29) is 19.0 Å². The highest BCUT2D eigenvalue weighted by Crippen LogP contribution is 2.30. The van der Waals surface area contributed by atoms with Gasteiger partial charge in [0.15, 0.2) is 6.10 Å². The van der Waals surface area contributed by atoms with Crippen molar-refractivity contribution in [1.29, 1.82) is 0 Å². The fourth-order valence-corrected chi connectivity index (χ4v) is 4.43. The molecule has 1 amide bonds. The van der Waals surface area contributed by atoms with Crippen LogP contribution in [0.25, 0.3) is 0 Å². The van der Waals surface area contributed by atoms with Crippen molar-refractivity contribution in [3.05, 3.63) is 87.6 Å². The second-order valence-electron chi connectivity index (χ2n) is 8.27. The molecule has 0 saturated heterocycles. The van der Waals surface area contributed by atoms with Gasteiger partial charge in [-0.15, -0.1) is 11.3 Å². The summed E-state index contributed by atoms with van der Waals surface area (Å²) < 4.78 is 39.5. The van der Waals surface area contributed by atoms with Crippen LogP contribution in [0.15, 0.2) is 71.2 Å². The first-order chi connectivity index (χ1) is 16.2. The van der Waals surface area contributed by atoms with Crippen molar-refractivity contribution in [2.45, 2.75) is 25.2 Å². The Hall–Kier alpha value is -3.33. The van der Waals surface area contributed by atoms with Crippen LogP contribution in [0, 0.1) is 0 Å². The van der Waals surface area contributed by atoms with Gasteiger partial charge in [0.1, 0.15) is 0 Å². The Morgan fingerprint density at radius 1 is 1.12 bits per heavy atom. The molecule has 1 atom stereocenters. The van der Waals surface area contributed by atoms with Crippen LogP contribution in [0.5, 0.6) is 0 Å². The minimum absolute atomic E-state index is 0.0351. The molecule has 0 fully saturated rings. The SMILES string of the molecule is CN(C)c1ccc(C2=NOC(CN(Cc3cccc(C(F)(F)F)c3)C(=O)c3cccs3)C2)cc1. The lowest BCUT2D eigenvalue weighted by atomic mass is 10.0. The molecule has 9 heteroatoms. The zero-order chi connectivity index (χ0) is 24.3. The zero-order valence-corrected chi connectivity index (χ0v) is 19.6. The lowest BCUT2D eigenvalue weighted by molar-refractivity contribution is -0.137. The maximum Gasteiger partial charge on any atom is 0.416 e. The Labute approximate surface area is 200 Å².